The third-order valence-electron chi connectivity index (χ3n) is 10.7. The van der Waals surface area contributed by atoms with Gasteiger partial charge in [-0.05, 0) is 0 Å². The molecule has 3 aromatic carbocycles. The predicted octanol–water partition coefficient (Wildman–Crippen LogP) is 9.77. The first-order chi connectivity index (χ1) is 20.9. The summed E-state index contributed by atoms with van der Waals surface area (Å²) in [6.07, 6.45) is 0. The average molecular weight is 873 g/mol. The zero-order chi connectivity index (χ0) is 34.8. The van der Waals surface area contributed by atoms with Gasteiger partial charge in [-0.1, -0.05) is 0 Å². The first-order valence-corrected chi connectivity index (χ1v) is 30.9. The standard InChI is InChI=1S/3C13H21OSi.Bi/c3*1-13(2,3)15(4,5)14-11-12-9-7-6-8-10-12;/h3*6-7,9-10H,11H2,1-5H3;. The van der Waals surface area contributed by atoms with Gasteiger partial charge in [0.2, 0.25) is 0 Å². The SMILES string of the molecule is CC(C)(C)[Si](C)(C)OCc1ccc[c]([Bi]([c]2cccc(CO[Si](C)(C)C(C)(C)C)c2)[c]2cccc(CO[Si](C)(C)C(C)(C)C)c2)c1. The van der Waals surface area contributed by atoms with Crippen molar-refractivity contribution in [1.82, 2.24) is 0 Å². The van der Waals surface area contributed by atoms with E-state index >= 15 is 0 Å². The quantitative estimate of drug-likeness (QED) is 0.170. The fourth-order valence-electron chi connectivity index (χ4n) is 4.24. The van der Waals surface area contributed by atoms with Crippen LogP contribution in [0.25, 0.3) is 0 Å². The van der Waals surface area contributed by atoms with Crippen molar-refractivity contribution in [3.63, 3.8) is 0 Å². The fourth-order valence-corrected chi connectivity index (χ4v) is 16.8. The molecule has 0 atom stereocenters. The van der Waals surface area contributed by atoms with Crippen LogP contribution in [0.3, 0.4) is 0 Å². The van der Waals surface area contributed by atoms with E-state index < -0.39 is 46.7 Å². The van der Waals surface area contributed by atoms with Gasteiger partial charge in [0.1, 0.15) is 0 Å². The molecule has 3 rings (SSSR count). The van der Waals surface area contributed by atoms with E-state index in [2.05, 4.69) is 174 Å². The number of hydrogen-bond acceptors (Lipinski definition) is 3. The number of benzene rings is 3. The van der Waals surface area contributed by atoms with E-state index in [0.29, 0.717) is 19.8 Å². The van der Waals surface area contributed by atoms with Crippen LogP contribution in [0.5, 0.6) is 0 Å². The van der Waals surface area contributed by atoms with Gasteiger partial charge in [-0.15, -0.1) is 0 Å². The third kappa shape index (κ3) is 10.3. The molecule has 0 aliphatic rings. The second kappa shape index (κ2) is 14.9. The topological polar surface area (TPSA) is 27.7 Å². The third-order valence-corrected chi connectivity index (χ3v) is 33.4. The molecule has 0 N–H and O–H groups in total. The van der Waals surface area contributed by atoms with Crippen LogP contribution >= 0.6 is 0 Å². The summed E-state index contributed by atoms with van der Waals surface area (Å²) < 4.78 is 24.5. The minimum atomic E-state index is -2.72. The van der Waals surface area contributed by atoms with Crippen LogP contribution in [0.4, 0.5) is 0 Å². The van der Waals surface area contributed by atoms with Crippen molar-refractivity contribution in [2.24, 2.45) is 0 Å². The summed E-state index contributed by atoms with van der Waals surface area (Å²) in [5, 5.41) is 0.559. The van der Waals surface area contributed by atoms with Crippen LogP contribution in [0.1, 0.15) is 79.0 Å². The van der Waals surface area contributed by atoms with Crippen LogP contribution < -0.4 is 9.81 Å². The van der Waals surface area contributed by atoms with Crippen molar-refractivity contribution in [3.05, 3.63) is 89.5 Å². The molecule has 46 heavy (non-hydrogen) atoms. The van der Waals surface area contributed by atoms with E-state index in [-0.39, 0.29) is 15.1 Å². The second-order valence-electron chi connectivity index (χ2n) is 17.5. The van der Waals surface area contributed by atoms with E-state index in [0.717, 1.165) is 0 Å². The summed E-state index contributed by atoms with van der Waals surface area (Å²) in [5.74, 6) is 0. The van der Waals surface area contributed by atoms with Gasteiger partial charge in [0.25, 0.3) is 0 Å². The van der Waals surface area contributed by atoms with E-state index in [1.807, 2.05) is 0 Å². The van der Waals surface area contributed by atoms with E-state index in [1.165, 1.54) is 26.5 Å². The van der Waals surface area contributed by atoms with Gasteiger partial charge in [0, 0.05) is 0 Å². The Kier molecular flexibility index (Phi) is 12.8. The second-order valence-corrected chi connectivity index (χ2v) is 40.6. The van der Waals surface area contributed by atoms with E-state index in [9.17, 15) is 0 Å². The van der Waals surface area contributed by atoms with Crippen molar-refractivity contribution >= 4 is 56.5 Å². The molecule has 254 valence electrons. The molecule has 0 heterocycles. The molecule has 0 amide bonds. The Labute approximate surface area is 293 Å². The Bertz CT molecular complexity index is 1270. The van der Waals surface area contributed by atoms with Gasteiger partial charge in [0.15, 0.2) is 0 Å². The predicted molar refractivity (Wildman–Crippen MR) is 210 cm³/mol. The number of rotatable bonds is 12. The normalized spacial score (nSPS) is 13.8. The molecule has 0 spiro atoms. The van der Waals surface area contributed by atoms with Crippen LogP contribution in [-0.4, -0.2) is 46.7 Å². The molecule has 0 bridgehead atoms. The molecular formula is C39H63BiO3Si3. The first kappa shape index (κ1) is 39.5. The van der Waals surface area contributed by atoms with Crippen LogP contribution in [0.15, 0.2) is 72.8 Å². The summed E-state index contributed by atoms with van der Waals surface area (Å²) in [7, 11) is -5.57. The molecule has 3 nitrogen and oxygen atoms in total. The molecular weight excluding hydrogens is 810 g/mol. The minimum absolute atomic E-state index is 0.186. The molecule has 7 heteroatoms. The molecule has 0 aromatic heterocycles. The molecule has 0 saturated carbocycles. The van der Waals surface area contributed by atoms with E-state index in [1.54, 1.807) is 0 Å². The van der Waals surface area contributed by atoms with Gasteiger partial charge in [0.05, 0.1) is 0 Å². The zero-order valence-electron chi connectivity index (χ0n) is 31.7. The van der Waals surface area contributed by atoms with Gasteiger partial charge < -0.3 is 0 Å². The first-order valence-electron chi connectivity index (χ1n) is 16.9. The van der Waals surface area contributed by atoms with Crippen molar-refractivity contribution in [3.8, 4) is 0 Å². The Morgan fingerprint density at radius 3 is 0.891 bits per heavy atom. The van der Waals surface area contributed by atoms with E-state index in [4.69, 9.17) is 13.3 Å². The van der Waals surface area contributed by atoms with Crippen molar-refractivity contribution in [2.75, 3.05) is 0 Å². The van der Waals surface area contributed by atoms with Crippen molar-refractivity contribution in [1.29, 1.82) is 0 Å². The Balaban J connectivity index is 2.03. The van der Waals surface area contributed by atoms with Crippen molar-refractivity contribution in [2.45, 2.75) is 137 Å². The molecule has 0 radical (unpaired) electrons. The van der Waals surface area contributed by atoms with Gasteiger partial charge >= 0.3 is 296 Å². The monoisotopic (exact) mass is 872 g/mol. The molecule has 0 unspecified atom stereocenters. The fraction of sp³-hybridized carbons (Fsp3) is 0.538. The summed E-state index contributed by atoms with van der Waals surface area (Å²) in [4.78, 5) is 0. The Hall–Kier alpha value is -0.926. The number of hydrogen-bond donors (Lipinski definition) is 0. The maximum absolute atomic E-state index is 6.68. The van der Waals surface area contributed by atoms with Gasteiger partial charge in [-0.2, -0.15) is 0 Å². The summed E-state index contributed by atoms with van der Waals surface area (Å²) >= 11 is -2.72. The zero-order valence-corrected chi connectivity index (χ0v) is 38.2. The Morgan fingerprint density at radius 1 is 0.435 bits per heavy atom. The molecule has 0 aliphatic heterocycles. The molecule has 0 saturated heterocycles. The average Bonchev–Trinajstić information content (AvgIpc) is 2.93. The Morgan fingerprint density at radius 2 is 0.674 bits per heavy atom. The van der Waals surface area contributed by atoms with Gasteiger partial charge in [-0.3, -0.25) is 0 Å². The maximum atomic E-state index is 6.68. The van der Waals surface area contributed by atoms with Gasteiger partial charge in [-0.25, -0.2) is 0 Å². The molecule has 0 aliphatic carbocycles. The summed E-state index contributed by atoms with van der Waals surface area (Å²) in [6, 6.07) is 27.9. The molecule has 0 fully saturated rings. The summed E-state index contributed by atoms with van der Waals surface area (Å²) in [5.41, 5.74) is 3.83. The summed E-state index contributed by atoms with van der Waals surface area (Å²) in [6.45, 7) is 36.8. The molecule has 3 aromatic rings. The van der Waals surface area contributed by atoms with Crippen LogP contribution in [0, 0.1) is 0 Å². The van der Waals surface area contributed by atoms with Crippen LogP contribution in [-0.2, 0) is 33.1 Å². The van der Waals surface area contributed by atoms with Crippen LogP contribution in [0.2, 0.25) is 54.4 Å². The van der Waals surface area contributed by atoms with Crippen molar-refractivity contribution < 1.29 is 13.3 Å².